The fraction of sp³-hybridized carbons (Fsp3) is 0.469. The molecule has 0 amide bonds. The molecule has 0 fully saturated rings. The molecule has 0 saturated heterocycles. The maximum absolute atomic E-state index is 12.8. The van der Waals surface area contributed by atoms with Crippen LogP contribution in [0.1, 0.15) is 69.9 Å². The third-order valence-corrected chi connectivity index (χ3v) is 7.25. The van der Waals surface area contributed by atoms with Gasteiger partial charge in [-0.15, -0.1) is 0 Å². The first-order chi connectivity index (χ1) is 18.4. The Labute approximate surface area is 226 Å². The zero-order valence-electron chi connectivity index (χ0n) is 22.9. The standard InChI is InChI=1S/C32H41NO5/c1-4-24(18-28-22-33-21-27(28)14-10-25-8-6-5-7-9-25)12-16-30(38-23(2)34)20-29(35)15-11-26-13-17-31(36)32(19-26)37-3/h5-9,13,17,19,22,24,30,36H,4,10-12,14-16,18,20-21H2,1-3H3/t24-,30-/m1/s1. The summed E-state index contributed by atoms with van der Waals surface area (Å²) in [6.07, 6.45) is 8.32. The summed E-state index contributed by atoms with van der Waals surface area (Å²) in [6.45, 7) is 4.38. The molecule has 204 valence electrons. The number of rotatable bonds is 16. The quantitative estimate of drug-likeness (QED) is 0.258. The van der Waals surface area contributed by atoms with Crippen LogP contribution in [0, 0.1) is 5.92 Å². The van der Waals surface area contributed by atoms with Crippen LogP contribution >= 0.6 is 0 Å². The highest BCUT2D eigenvalue weighted by atomic mass is 16.5. The van der Waals surface area contributed by atoms with Crippen molar-refractivity contribution in [3.8, 4) is 11.5 Å². The maximum atomic E-state index is 12.8. The predicted molar refractivity (Wildman–Crippen MR) is 151 cm³/mol. The van der Waals surface area contributed by atoms with E-state index in [0.717, 1.165) is 44.2 Å². The number of ether oxygens (including phenoxy) is 2. The van der Waals surface area contributed by atoms with Crippen molar-refractivity contribution in [1.82, 2.24) is 0 Å². The number of allylic oxidation sites excluding steroid dienone is 1. The first-order valence-corrected chi connectivity index (χ1v) is 13.7. The van der Waals surface area contributed by atoms with Crippen LogP contribution in [0.15, 0.2) is 64.7 Å². The summed E-state index contributed by atoms with van der Waals surface area (Å²) >= 11 is 0. The van der Waals surface area contributed by atoms with Gasteiger partial charge in [-0.2, -0.15) is 0 Å². The molecule has 0 aliphatic carbocycles. The Morgan fingerprint density at radius 2 is 1.82 bits per heavy atom. The first kappa shape index (κ1) is 29.2. The van der Waals surface area contributed by atoms with Crippen molar-refractivity contribution in [2.45, 2.75) is 77.7 Å². The van der Waals surface area contributed by atoms with Gasteiger partial charge in [-0.05, 0) is 78.8 Å². The van der Waals surface area contributed by atoms with Crippen LogP contribution in [0.2, 0.25) is 0 Å². The highest BCUT2D eigenvalue weighted by Gasteiger charge is 2.21. The van der Waals surface area contributed by atoms with Crippen molar-refractivity contribution in [3.05, 3.63) is 70.8 Å². The Bertz CT molecular complexity index is 1120. The molecule has 3 rings (SSSR count). The second-order valence-electron chi connectivity index (χ2n) is 10.1. The number of carbonyl (C=O) groups is 2. The maximum Gasteiger partial charge on any atom is 0.302 e. The Morgan fingerprint density at radius 3 is 2.53 bits per heavy atom. The lowest BCUT2D eigenvalue weighted by molar-refractivity contribution is -0.148. The molecule has 0 unspecified atom stereocenters. The fourth-order valence-corrected chi connectivity index (χ4v) is 4.97. The van der Waals surface area contributed by atoms with Crippen molar-refractivity contribution >= 4 is 18.0 Å². The second kappa shape index (κ2) is 15.1. The molecule has 1 heterocycles. The molecule has 1 N–H and O–H groups in total. The minimum absolute atomic E-state index is 0.0603. The van der Waals surface area contributed by atoms with E-state index in [1.165, 1.54) is 30.7 Å². The SMILES string of the molecule is CC[C@H](CC[C@H](CC(=O)CCc1ccc(O)c(OC)c1)OC(C)=O)CC1=C(CCc2ccccc2)CN=C1. The summed E-state index contributed by atoms with van der Waals surface area (Å²) < 4.78 is 10.7. The number of benzene rings is 2. The molecule has 0 spiro atoms. The van der Waals surface area contributed by atoms with Gasteiger partial charge in [-0.1, -0.05) is 49.7 Å². The molecule has 2 aromatic rings. The van der Waals surface area contributed by atoms with Crippen molar-refractivity contribution in [3.63, 3.8) is 0 Å². The van der Waals surface area contributed by atoms with Gasteiger partial charge < -0.3 is 14.6 Å². The summed E-state index contributed by atoms with van der Waals surface area (Å²) in [7, 11) is 1.50. The predicted octanol–water partition coefficient (Wildman–Crippen LogP) is 6.43. The largest absolute Gasteiger partial charge is 0.504 e. The zero-order chi connectivity index (χ0) is 27.3. The van der Waals surface area contributed by atoms with E-state index in [9.17, 15) is 14.7 Å². The van der Waals surface area contributed by atoms with Crippen LogP contribution in [-0.2, 0) is 27.2 Å². The van der Waals surface area contributed by atoms with E-state index in [2.05, 4.69) is 36.2 Å². The summed E-state index contributed by atoms with van der Waals surface area (Å²) in [5, 5.41) is 9.77. The van der Waals surface area contributed by atoms with E-state index >= 15 is 0 Å². The number of aryl methyl sites for hydroxylation is 2. The lowest BCUT2D eigenvalue weighted by Gasteiger charge is -2.21. The molecule has 0 saturated carbocycles. The molecule has 2 atom stereocenters. The summed E-state index contributed by atoms with van der Waals surface area (Å²) in [5.74, 6) is 0.618. The van der Waals surface area contributed by atoms with Gasteiger partial charge in [0.1, 0.15) is 11.9 Å². The Hall–Kier alpha value is -3.41. The highest BCUT2D eigenvalue weighted by Crippen LogP contribution is 2.29. The number of nitrogens with zero attached hydrogens (tertiary/aromatic N) is 1. The molecule has 0 bridgehead atoms. The topological polar surface area (TPSA) is 85.2 Å². The average molecular weight is 520 g/mol. The van der Waals surface area contributed by atoms with Crippen LogP contribution in [0.3, 0.4) is 0 Å². The normalized spacial score (nSPS) is 14.4. The lowest BCUT2D eigenvalue weighted by atomic mass is 9.88. The number of esters is 1. The van der Waals surface area contributed by atoms with Gasteiger partial charge in [0.25, 0.3) is 0 Å². The molecule has 1 aliphatic rings. The number of phenols is 1. The molecular formula is C32H41NO5. The van der Waals surface area contributed by atoms with E-state index < -0.39 is 6.10 Å². The third-order valence-electron chi connectivity index (χ3n) is 7.25. The van der Waals surface area contributed by atoms with Gasteiger partial charge in [0.15, 0.2) is 11.5 Å². The van der Waals surface area contributed by atoms with Crippen molar-refractivity contribution in [2.24, 2.45) is 10.9 Å². The first-order valence-electron chi connectivity index (χ1n) is 13.7. The van der Waals surface area contributed by atoms with Crippen molar-refractivity contribution in [1.29, 1.82) is 0 Å². The van der Waals surface area contributed by atoms with Gasteiger partial charge in [0, 0.05) is 26.0 Å². The molecular weight excluding hydrogens is 478 g/mol. The molecule has 0 aromatic heterocycles. The van der Waals surface area contributed by atoms with Crippen LogP contribution < -0.4 is 4.74 Å². The monoisotopic (exact) mass is 519 g/mol. The second-order valence-corrected chi connectivity index (χ2v) is 10.1. The number of hydrogen-bond acceptors (Lipinski definition) is 6. The van der Waals surface area contributed by atoms with E-state index in [4.69, 9.17) is 9.47 Å². The van der Waals surface area contributed by atoms with Gasteiger partial charge >= 0.3 is 5.97 Å². The summed E-state index contributed by atoms with van der Waals surface area (Å²) in [4.78, 5) is 29.1. The van der Waals surface area contributed by atoms with Crippen LogP contribution in [0.25, 0.3) is 0 Å². The molecule has 6 nitrogen and oxygen atoms in total. The van der Waals surface area contributed by atoms with Crippen LogP contribution in [0.4, 0.5) is 0 Å². The highest BCUT2D eigenvalue weighted by molar-refractivity contribution is 5.82. The summed E-state index contributed by atoms with van der Waals surface area (Å²) in [6, 6.07) is 15.6. The lowest BCUT2D eigenvalue weighted by Crippen LogP contribution is -2.22. The van der Waals surface area contributed by atoms with Gasteiger partial charge in [-0.3, -0.25) is 14.6 Å². The number of hydrogen-bond donors (Lipinski definition) is 1. The van der Waals surface area contributed by atoms with E-state index in [1.54, 1.807) is 18.2 Å². The number of aromatic hydroxyl groups is 1. The van der Waals surface area contributed by atoms with Crippen molar-refractivity contribution in [2.75, 3.05) is 13.7 Å². The number of carbonyl (C=O) groups excluding carboxylic acids is 2. The Kier molecular flexibility index (Phi) is 11.6. The molecule has 1 aliphatic heterocycles. The zero-order valence-corrected chi connectivity index (χ0v) is 22.9. The summed E-state index contributed by atoms with van der Waals surface area (Å²) in [5.41, 5.74) is 5.02. The Balaban J connectivity index is 1.51. The third kappa shape index (κ3) is 9.47. The number of aliphatic imine (C=N–C) groups is 1. The number of ketones is 1. The average Bonchev–Trinajstić information content (AvgIpc) is 3.36. The Morgan fingerprint density at radius 1 is 1.03 bits per heavy atom. The fourth-order valence-electron chi connectivity index (χ4n) is 4.97. The molecule has 0 radical (unpaired) electrons. The molecule has 6 heteroatoms. The molecule has 2 aromatic carbocycles. The minimum Gasteiger partial charge on any atom is -0.504 e. The number of Topliss-reactive ketones (excluding diaryl/α,β-unsaturated/α-hetero) is 1. The van der Waals surface area contributed by atoms with Gasteiger partial charge in [-0.25, -0.2) is 0 Å². The van der Waals surface area contributed by atoms with Gasteiger partial charge in [0.2, 0.25) is 0 Å². The minimum atomic E-state index is -0.410. The van der Waals surface area contributed by atoms with Gasteiger partial charge in [0.05, 0.1) is 13.7 Å². The van der Waals surface area contributed by atoms with Crippen LogP contribution in [0.5, 0.6) is 11.5 Å². The van der Waals surface area contributed by atoms with E-state index in [-0.39, 0.29) is 23.9 Å². The molecule has 38 heavy (non-hydrogen) atoms. The van der Waals surface area contributed by atoms with E-state index in [1.807, 2.05) is 12.3 Å². The smallest absolute Gasteiger partial charge is 0.302 e. The van der Waals surface area contributed by atoms with E-state index in [0.29, 0.717) is 30.9 Å². The van der Waals surface area contributed by atoms with Crippen molar-refractivity contribution < 1.29 is 24.2 Å². The number of methoxy groups -OCH3 is 1. The number of phenolic OH excluding ortho intramolecular Hbond substituents is 1. The van der Waals surface area contributed by atoms with Crippen LogP contribution in [-0.4, -0.2) is 42.8 Å².